The van der Waals surface area contributed by atoms with Crippen molar-refractivity contribution in [3.8, 4) is 11.1 Å². The molecule has 0 aliphatic rings. The molecule has 3 aromatic rings. The molecule has 3 heteroatoms. The summed E-state index contributed by atoms with van der Waals surface area (Å²) in [5, 5.41) is 2.96. The number of aromatic nitrogens is 1. The van der Waals surface area contributed by atoms with Crippen molar-refractivity contribution in [2.45, 2.75) is 13.8 Å². The summed E-state index contributed by atoms with van der Waals surface area (Å²) in [6, 6.07) is 17.4. The van der Waals surface area contributed by atoms with E-state index in [1.54, 1.807) is 6.20 Å². The number of carbonyl (C=O) groups is 1. The second kappa shape index (κ2) is 6.44. The third kappa shape index (κ3) is 3.46. The number of pyridine rings is 1. The van der Waals surface area contributed by atoms with Crippen LogP contribution in [-0.4, -0.2) is 10.9 Å². The summed E-state index contributed by atoms with van der Waals surface area (Å²) in [6.07, 6.45) is 3.56. The van der Waals surface area contributed by atoms with Gasteiger partial charge in [0, 0.05) is 23.6 Å². The standard InChI is InChI=1S/C20H18N2O/c1-14-5-10-19(15(2)12-14)22-20(23)17-8-6-16(7-9-17)18-4-3-11-21-13-18/h3-13H,1-2H3,(H,22,23). The number of rotatable bonds is 3. The van der Waals surface area contributed by atoms with Crippen molar-refractivity contribution in [1.29, 1.82) is 0 Å². The Labute approximate surface area is 136 Å². The van der Waals surface area contributed by atoms with Crippen LogP contribution >= 0.6 is 0 Å². The summed E-state index contributed by atoms with van der Waals surface area (Å²) in [4.78, 5) is 16.5. The molecule has 0 bridgehead atoms. The molecule has 1 N–H and O–H groups in total. The van der Waals surface area contributed by atoms with Gasteiger partial charge in [-0.2, -0.15) is 0 Å². The normalized spacial score (nSPS) is 10.3. The molecule has 114 valence electrons. The summed E-state index contributed by atoms with van der Waals surface area (Å²) in [7, 11) is 0. The predicted octanol–water partition coefficient (Wildman–Crippen LogP) is 4.62. The van der Waals surface area contributed by atoms with Gasteiger partial charge in [-0.05, 0) is 54.8 Å². The zero-order valence-corrected chi connectivity index (χ0v) is 13.2. The van der Waals surface area contributed by atoms with Crippen LogP contribution in [0.15, 0.2) is 67.0 Å². The molecule has 2 aromatic carbocycles. The largest absolute Gasteiger partial charge is 0.322 e. The van der Waals surface area contributed by atoms with Gasteiger partial charge < -0.3 is 5.32 Å². The first-order valence-corrected chi connectivity index (χ1v) is 7.52. The minimum absolute atomic E-state index is 0.102. The lowest BCUT2D eigenvalue weighted by Crippen LogP contribution is -2.12. The molecule has 0 unspecified atom stereocenters. The minimum atomic E-state index is -0.102. The summed E-state index contributed by atoms with van der Waals surface area (Å²) in [6.45, 7) is 4.03. The molecule has 3 nitrogen and oxygen atoms in total. The lowest BCUT2D eigenvalue weighted by atomic mass is 10.1. The molecule has 1 heterocycles. The molecule has 0 saturated heterocycles. The molecule has 1 amide bonds. The highest BCUT2D eigenvalue weighted by Gasteiger charge is 2.08. The van der Waals surface area contributed by atoms with Crippen molar-refractivity contribution < 1.29 is 4.79 Å². The smallest absolute Gasteiger partial charge is 0.255 e. The van der Waals surface area contributed by atoms with Crippen LogP contribution in [-0.2, 0) is 0 Å². The van der Waals surface area contributed by atoms with Gasteiger partial charge in [0.1, 0.15) is 0 Å². The van der Waals surface area contributed by atoms with Gasteiger partial charge in [0.15, 0.2) is 0 Å². The van der Waals surface area contributed by atoms with Crippen LogP contribution in [0.5, 0.6) is 0 Å². The summed E-state index contributed by atoms with van der Waals surface area (Å²) in [5.41, 5.74) is 5.80. The lowest BCUT2D eigenvalue weighted by Gasteiger charge is -2.09. The van der Waals surface area contributed by atoms with E-state index in [9.17, 15) is 4.79 Å². The Hall–Kier alpha value is -2.94. The summed E-state index contributed by atoms with van der Waals surface area (Å²) < 4.78 is 0. The number of hydrogen-bond acceptors (Lipinski definition) is 2. The topological polar surface area (TPSA) is 42.0 Å². The van der Waals surface area contributed by atoms with Gasteiger partial charge in [-0.25, -0.2) is 0 Å². The van der Waals surface area contributed by atoms with Crippen LogP contribution in [0, 0.1) is 13.8 Å². The number of carbonyl (C=O) groups excluding carboxylic acids is 1. The fourth-order valence-corrected chi connectivity index (χ4v) is 2.50. The molecule has 0 radical (unpaired) electrons. The fourth-order valence-electron chi connectivity index (χ4n) is 2.50. The predicted molar refractivity (Wildman–Crippen MR) is 93.5 cm³/mol. The monoisotopic (exact) mass is 302 g/mol. The first-order chi connectivity index (χ1) is 11.1. The number of anilines is 1. The zero-order valence-electron chi connectivity index (χ0n) is 13.2. The van der Waals surface area contributed by atoms with Crippen molar-refractivity contribution in [3.63, 3.8) is 0 Å². The van der Waals surface area contributed by atoms with E-state index >= 15 is 0 Å². The first kappa shape index (κ1) is 15.0. The maximum Gasteiger partial charge on any atom is 0.255 e. The number of benzene rings is 2. The van der Waals surface area contributed by atoms with Gasteiger partial charge in [-0.3, -0.25) is 9.78 Å². The second-order valence-corrected chi connectivity index (χ2v) is 5.59. The minimum Gasteiger partial charge on any atom is -0.322 e. The lowest BCUT2D eigenvalue weighted by molar-refractivity contribution is 0.102. The first-order valence-electron chi connectivity index (χ1n) is 7.52. The Bertz CT molecular complexity index is 824. The highest BCUT2D eigenvalue weighted by atomic mass is 16.1. The average Bonchev–Trinajstić information content (AvgIpc) is 2.58. The molecular formula is C20H18N2O. The molecule has 0 aliphatic carbocycles. The highest BCUT2D eigenvalue weighted by Crippen LogP contribution is 2.20. The van der Waals surface area contributed by atoms with E-state index in [-0.39, 0.29) is 5.91 Å². The van der Waals surface area contributed by atoms with Gasteiger partial charge in [0.05, 0.1) is 0 Å². The fraction of sp³-hybridized carbons (Fsp3) is 0.100. The van der Waals surface area contributed by atoms with E-state index in [0.717, 1.165) is 22.4 Å². The van der Waals surface area contributed by atoms with Crippen LogP contribution in [0.3, 0.4) is 0 Å². The van der Waals surface area contributed by atoms with Gasteiger partial charge in [0.25, 0.3) is 5.91 Å². The van der Waals surface area contributed by atoms with Crippen molar-refractivity contribution in [3.05, 3.63) is 83.7 Å². The zero-order chi connectivity index (χ0) is 16.2. The Morgan fingerprint density at radius 1 is 0.957 bits per heavy atom. The van der Waals surface area contributed by atoms with Crippen molar-refractivity contribution in [2.24, 2.45) is 0 Å². The van der Waals surface area contributed by atoms with E-state index in [4.69, 9.17) is 0 Å². The maximum atomic E-state index is 12.4. The molecule has 0 atom stereocenters. The van der Waals surface area contributed by atoms with E-state index in [1.807, 2.05) is 68.6 Å². The van der Waals surface area contributed by atoms with Crippen LogP contribution in [0.25, 0.3) is 11.1 Å². The van der Waals surface area contributed by atoms with Crippen LogP contribution in [0.4, 0.5) is 5.69 Å². The SMILES string of the molecule is Cc1ccc(NC(=O)c2ccc(-c3cccnc3)cc2)c(C)c1. The number of hydrogen-bond donors (Lipinski definition) is 1. The summed E-state index contributed by atoms with van der Waals surface area (Å²) >= 11 is 0. The molecule has 0 saturated carbocycles. The Morgan fingerprint density at radius 2 is 1.74 bits per heavy atom. The van der Waals surface area contributed by atoms with E-state index < -0.39 is 0 Å². The highest BCUT2D eigenvalue weighted by molar-refractivity contribution is 6.04. The molecule has 0 spiro atoms. The number of nitrogens with zero attached hydrogens (tertiary/aromatic N) is 1. The molecule has 23 heavy (non-hydrogen) atoms. The Balaban J connectivity index is 1.78. The van der Waals surface area contributed by atoms with Crippen LogP contribution in [0.2, 0.25) is 0 Å². The van der Waals surface area contributed by atoms with E-state index in [2.05, 4.69) is 16.4 Å². The molecule has 3 rings (SSSR count). The van der Waals surface area contributed by atoms with Gasteiger partial charge >= 0.3 is 0 Å². The third-order valence-electron chi connectivity index (χ3n) is 3.77. The van der Waals surface area contributed by atoms with Crippen molar-refractivity contribution in [2.75, 3.05) is 5.32 Å². The second-order valence-electron chi connectivity index (χ2n) is 5.59. The quantitative estimate of drug-likeness (QED) is 0.767. The van der Waals surface area contributed by atoms with E-state index in [0.29, 0.717) is 5.56 Å². The maximum absolute atomic E-state index is 12.4. The number of aryl methyl sites for hydroxylation is 2. The molecule has 0 aliphatic heterocycles. The molecular weight excluding hydrogens is 284 g/mol. The van der Waals surface area contributed by atoms with Gasteiger partial charge in [-0.1, -0.05) is 35.9 Å². The van der Waals surface area contributed by atoms with Crippen molar-refractivity contribution >= 4 is 11.6 Å². The number of nitrogens with one attached hydrogen (secondary N) is 1. The van der Waals surface area contributed by atoms with Gasteiger partial charge in [-0.15, -0.1) is 0 Å². The molecule has 0 fully saturated rings. The molecule has 1 aromatic heterocycles. The number of amides is 1. The average molecular weight is 302 g/mol. The third-order valence-corrected chi connectivity index (χ3v) is 3.77. The van der Waals surface area contributed by atoms with Crippen molar-refractivity contribution in [1.82, 2.24) is 4.98 Å². The van der Waals surface area contributed by atoms with Crippen LogP contribution < -0.4 is 5.32 Å². The van der Waals surface area contributed by atoms with Crippen LogP contribution in [0.1, 0.15) is 21.5 Å². The summed E-state index contributed by atoms with van der Waals surface area (Å²) in [5.74, 6) is -0.102. The Kier molecular flexibility index (Phi) is 4.20. The Morgan fingerprint density at radius 3 is 2.39 bits per heavy atom. The van der Waals surface area contributed by atoms with Gasteiger partial charge in [0.2, 0.25) is 0 Å². The van der Waals surface area contributed by atoms with E-state index in [1.165, 1.54) is 5.56 Å².